The van der Waals surface area contributed by atoms with Crippen molar-refractivity contribution in [2.45, 2.75) is 25.8 Å². The fourth-order valence-electron chi connectivity index (χ4n) is 2.13. The lowest BCUT2D eigenvalue weighted by atomic mass is 10.1. The van der Waals surface area contributed by atoms with Gasteiger partial charge in [0.15, 0.2) is 0 Å². The van der Waals surface area contributed by atoms with E-state index in [2.05, 4.69) is 23.2 Å². The number of aryl methyl sites for hydroxylation is 1. The van der Waals surface area contributed by atoms with Crippen LogP contribution in [-0.2, 0) is 4.79 Å². The predicted octanol–water partition coefficient (Wildman–Crippen LogP) is 1.92. The van der Waals surface area contributed by atoms with E-state index in [-0.39, 0.29) is 5.91 Å². The molecule has 3 nitrogen and oxygen atoms in total. The van der Waals surface area contributed by atoms with E-state index >= 15 is 0 Å². The van der Waals surface area contributed by atoms with E-state index in [0.29, 0.717) is 12.6 Å². The number of anilines is 2. The molecular formula is C12H14N2O. The molecule has 1 aliphatic carbocycles. The molecule has 3 heteroatoms. The molecule has 1 fully saturated rings. The van der Waals surface area contributed by atoms with Crippen molar-refractivity contribution in [3.63, 3.8) is 0 Å². The quantitative estimate of drug-likeness (QED) is 0.754. The second kappa shape index (κ2) is 2.99. The maximum atomic E-state index is 11.5. The van der Waals surface area contributed by atoms with Gasteiger partial charge in [-0.1, -0.05) is 6.07 Å². The number of amides is 1. The fourth-order valence-corrected chi connectivity index (χ4v) is 2.13. The Labute approximate surface area is 89.1 Å². The molecule has 0 saturated heterocycles. The first-order valence-corrected chi connectivity index (χ1v) is 5.41. The molecule has 1 amide bonds. The van der Waals surface area contributed by atoms with Crippen molar-refractivity contribution >= 4 is 17.3 Å². The van der Waals surface area contributed by atoms with Crippen molar-refractivity contribution in [3.05, 3.63) is 23.8 Å². The summed E-state index contributed by atoms with van der Waals surface area (Å²) in [7, 11) is 0. The Morgan fingerprint density at radius 2 is 2.20 bits per heavy atom. The molecule has 1 saturated carbocycles. The van der Waals surface area contributed by atoms with Crippen LogP contribution >= 0.6 is 0 Å². The van der Waals surface area contributed by atoms with Crippen LogP contribution < -0.4 is 10.2 Å². The molecule has 0 unspecified atom stereocenters. The van der Waals surface area contributed by atoms with Gasteiger partial charge in [-0.25, -0.2) is 0 Å². The Kier molecular flexibility index (Phi) is 1.75. The van der Waals surface area contributed by atoms with Crippen molar-refractivity contribution in [1.29, 1.82) is 0 Å². The minimum absolute atomic E-state index is 0.109. The first-order valence-electron chi connectivity index (χ1n) is 5.41. The van der Waals surface area contributed by atoms with Crippen molar-refractivity contribution in [1.82, 2.24) is 0 Å². The summed E-state index contributed by atoms with van der Waals surface area (Å²) in [6, 6.07) is 6.79. The van der Waals surface area contributed by atoms with Gasteiger partial charge in [-0.2, -0.15) is 0 Å². The number of benzene rings is 1. The third-order valence-electron chi connectivity index (χ3n) is 3.04. The lowest BCUT2D eigenvalue weighted by Crippen LogP contribution is -2.39. The summed E-state index contributed by atoms with van der Waals surface area (Å²) in [4.78, 5) is 13.7. The SMILES string of the molecule is Cc1ccc2c(c1)N(C1CC1)CC(=O)N2. The lowest BCUT2D eigenvalue weighted by molar-refractivity contribution is -0.115. The van der Waals surface area contributed by atoms with Crippen molar-refractivity contribution in [2.24, 2.45) is 0 Å². The summed E-state index contributed by atoms with van der Waals surface area (Å²) in [6.07, 6.45) is 2.45. The van der Waals surface area contributed by atoms with Gasteiger partial charge in [-0.3, -0.25) is 4.79 Å². The third-order valence-corrected chi connectivity index (χ3v) is 3.04. The van der Waals surface area contributed by atoms with Gasteiger partial charge in [0.05, 0.1) is 17.9 Å². The summed E-state index contributed by atoms with van der Waals surface area (Å²) in [6.45, 7) is 2.60. The number of nitrogens with one attached hydrogen (secondary N) is 1. The van der Waals surface area contributed by atoms with Crippen molar-refractivity contribution in [2.75, 3.05) is 16.8 Å². The van der Waals surface area contributed by atoms with Gasteiger partial charge < -0.3 is 10.2 Å². The summed E-state index contributed by atoms with van der Waals surface area (Å²) in [5.74, 6) is 0.109. The number of hydrogen-bond donors (Lipinski definition) is 1. The number of hydrogen-bond acceptors (Lipinski definition) is 2. The number of nitrogens with zero attached hydrogens (tertiary/aromatic N) is 1. The highest BCUT2D eigenvalue weighted by atomic mass is 16.2. The fraction of sp³-hybridized carbons (Fsp3) is 0.417. The first kappa shape index (κ1) is 8.77. The van der Waals surface area contributed by atoms with E-state index in [9.17, 15) is 4.79 Å². The number of fused-ring (bicyclic) bond motifs is 1. The Balaban J connectivity index is 2.06. The van der Waals surface area contributed by atoms with E-state index in [1.807, 2.05) is 12.1 Å². The highest BCUT2D eigenvalue weighted by Gasteiger charge is 2.34. The molecule has 0 atom stereocenters. The molecule has 0 aromatic heterocycles. The number of rotatable bonds is 1. The normalized spacial score (nSPS) is 19.8. The highest BCUT2D eigenvalue weighted by Crippen LogP contribution is 2.38. The Morgan fingerprint density at radius 3 is 2.93 bits per heavy atom. The van der Waals surface area contributed by atoms with E-state index in [4.69, 9.17) is 0 Å². The minimum atomic E-state index is 0.109. The Bertz CT molecular complexity index is 424. The molecule has 3 rings (SSSR count). The molecule has 0 radical (unpaired) electrons. The van der Waals surface area contributed by atoms with Gasteiger partial charge in [0.2, 0.25) is 5.91 Å². The Morgan fingerprint density at radius 1 is 1.40 bits per heavy atom. The number of carbonyl (C=O) groups excluding carboxylic acids is 1. The maximum absolute atomic E-state index is 11.5. The van der Waals surface area contributed by atoms with Crippen LogP contribution in [0.1, 0.15) is 18.4 Å². The van der Waals surface area contributed by atoms with Crippen LogP contribution in [0.4, 0.5) is 11.4 Å². The molecule has 15 heavy (non-hydrogen) atoms. The van der Waals surface area contributed by atoms with E-state index in [0.717, 1.165) is 5.69 Å². The van der Waals surface area contributed by atoms with E-state index < -0.39 is 0 Å². The van der Waals surface area contributed by atoms with Gasteiger partial charge in [0.1, 0.15) is 0 Å². The standard InChI is InChI=1S/C12H14N2O/c1-8-2-5-10-11(6-8)14(9-3-4-9)7-12(15)13-10/h2,5-6,9H,3-4,7H2,1H3,(H,13,15). The van der Waals surface area contributed by atoms with Crippen LogP contribution in [0, 0.1) is 6.92 Å². The van der Waals surface area contributed by atoms with Crippen molar-refractivity contribution in [3.8, 4) is 0 Å². The molecule has 0 spiro atoms. The zero-order chi connectivity index (χ0) is 10.4. The van der Waals surface area contributed by atoms with E-state index in [1.165, 1.54) is 24.1 Å². The van der Waals surface area contributed by atoms with Gasteiger partial charge in [-0.05, 0) is 37.5 Å². The van der Waals surface area contributed by atoms with Gasteiger partial charge >= 0.3 is 0 Å². The molecule has 1 aromatic rings. The minimum Gasteiger partial charge on any atom is -0.358 e. The summed E-state index contributed by atoms with van der Waals surface area (Å²) in [5, 5.41) is 2.92. The lowest BCUT2D eigenvalue weighted by Gasteiger charge is -2.31. The molecule has 2 aliphatic rings. The average Bonchev–Trinajstić information content (AvgIpc) is 3.01. The summed E-state index contributed by atoms with van der Waals surface area (Å²) >= 11 is 0. The third kappa shape index (κ3) is 1.48. The maximum Gasteiger partial charge on any atom is 0.243 e. The smallest absolute Gasteiger partial charge is 0.243 e. The second-order valence-corrected chi connectivity index (χ2v) is 4.43. The summed E-state index contributed by atoms with van der Waals surface area (Å²) < 4.78 is 0. The van der Waals surface area contributed by atoms with E-state index in [1.54, 1.807) is 0 Å². The van der Waals surface area contributed by atoms with Crippen LogP contribution in [0.15, 0.2) is 18.2 Å². The highest BCUT2D eigenvalue weighted by molar-refractivity contribution is 6.01. The Hall–Kier alpha value is -1.51. The topological polar surface area (TPSA) is 32.3 Å². The van der Waals surface area contributed by atoms with Crippen LogP contribution in [0.5, 0.6) is 0 Å². The van der Waals surface area contributed by atoms with Gasteiger partial charge in [0.25, 0.3) is 0 Å². The molecular weight excluding hydrogens is 188 g/mol. The molecule has 1 aliphatic heterocycles. The van der Waals surface area contributed by atoms with Gasteiger partial charge in [0, 0.05) is 6.04 Å². The van der Waals surface area contributed by atoms with Crippen LogP contribution in [0.2, 0.25) is 0 Å². The first-order chi connectivity index (χ1) is 7.24. The zero-order valence-electron chi connectivity index (χ0n) is 8.79. The zero-order valence-corrected chi connectivity index (χ0v) is 8.79. The monoisotopic (exact) mass is 202 g/mol. The van der Waals surface area contributed by atoms with Crippen molar-refractivity contribution < 1.29 is 4.79 Å². The summed E-state index contributed by atoms with van der Waals surface area (Å²) in [5.41, 5.74) is 3.40. The predicted molar refractivity (Wildman–Crippen MR) is 60.2 cm³/mol. The number of carbonyl (C=O) groups is 1. The molecule has 1 N–H and O–H groups in total. The molecule has 0 bridgehead atoms. The molecule has 78 valence electrons. The van der Waals surface area contributed by atoms with Gasteiger partial charge in [-0.15, -0.1) is 0 Å². The van der Waals surface area contributed by atoms with Crippen LogP contribution in [0.3, 0.4) is 0 Å². The second-order valence-electron chi connectivity index (χ2n) is 4.43. The molecule has 1 aromatic carbocycles. The van der Waals surface area contributed by atoms with Crippen LogP contribution in [0.25, 0.3) is 0 Å². The average molecular weight is 202 g/mol. The van der Waals surface area contributed by atoms with Crippen LogP contribution in [-0.4, -0.2) is 18.5 Å². The largest absolute Gasteiger partial charge is 0.358 e. The molecule has 1 heterocycles.